The molecular weight excluding hydrogens is 276 g/mol. The molecule has 0 saturated carbocycles. The maximum atomic E-state index is 2.48. The van der Waals surface area contributed by atoms with Gasteiger partial charge < -0.3 is 0 Å². The predicted molar refractivity (Wildman–Crippen MR) is 108 cm³/mol. The van der Waals surface area contributed by atoms with Gasteiger partial charge in [-0.25, -0.2) is 0 Å². The Morgan fingerprint density at radius 1 is 0.391 bits per heavy atom. The van der Waals surface area contributed by atoms with Crippen molar-refractivity contribution in [1.82, 2.24) is 0 Å². The molecule has 2 unspecified atom stereocenters. The zero-order chi connectivity index (χ0) is 17.2. The Morgan fingerprint density at radius 2 is 0.652 bits per heavy atom. The van der Waals surface area contributed by atoms with Crippen LogP contribution in [-0.4, -0.2) is 0 Å². The topological polar surface area (TPSA) is 0 Å². The summed E-state index contributed by atoms with van der Waals surface area (Å²) in [4.78, 5) is 0. The van der Waals surface area contributed by atoms with Crippen molar-refractivity contribution in [2.45, 2.75) is 137 Å². The minimum absolute atomic E-state index is 0.939. The van der Waals surface area contributed by atoms with Gasteiger partial charge in [0.15, 0.2) is 0 Å². The van der Waals surface area contributed by atoms with Gasteiger partial charge in [-0.15, -0.1) is 0 Å². The highest BCUT2D eigenvalue weighted by Gasteiger charge is 2.11. The molecule has 2 atom stereocenters. The SMILES string of the molecule is CCCCCCCCCCCCCCC(C)C(C)CCCCC. The lowest BCUT2D eigenvalue weighted by Crippen LogP contribution is -2.08. The molecule has 0 saturated heterocycles. The van der Waals surface area contributed by atoms with E-state index < -0.39 is 0 Å². The van der Waals surface area contributed by atoms with Crippen molar-refractivity contribution >= 4 is 0 Å². The zero-order valence-corrected chi connectivity index (χ0v) is 17.2. The molecule has 0 fully saturated rings. The van der Waals surface area contributed by atoms with E-state index in [1.54, 1.807) is 0 Å². The first-order chi connectivity index (χ1) is 11.2. The quantitative estimate of drug-likeness (QED) is 0.221. The summed E-state index contributed by atoms with van der Waals surface area (Å²) < 4.78 is 0. The molecule has 0 N–H and O–H groups in total. The van der Waals surface area contributed by atoms with E-state index in [0.717, 1.165) is 11.8 Å². The third-order valence-electron chi connectivity index (χ3n) is 5.75. The second-order valence-corrected chi connectivity index (χ2v) is 8.13. The highest BCUT2D eigenvalue weighted by molar-refractivity contribution is 4.63. The van der Waals surface area contributed by atoms with E-state index in [0.29, 0.717) is 0 Å². The maximum absolute atomic E-state index is 2.48. The van der Waals surface area contributed by atoms with Crippen molar-refractivity contribution in [3.63, 3.8) is 0 Å². The first-order valence-corrected chi connectivity index (χ1v) is 11.2. The Balaban J connectivity index is 3.22. The van der Waals surface area contributed by atoms with Gasteiger partial charge in [0.25, 0.3) is 0 Å². The van der Waals surface area contributed by atoms with Crippen LogP contribution in [0.5, 0.6) is 0 Å². The normalized spacial score (nSPS) is 14.1. The summed E-state index contributed by atoms with van der Waals surface area (Å²) in [7, 11) is 0. The molecule has 0 aliphatic heterocycles. The molecule has 0 aromatic carbocycles. The molecule has 0 spiro atoms. The van der Waals surface area contributed by atoms with Crippen molar-refractivity contribution in [2.75, 3.05) is 0 Å². The predicted octanol–water partition coefficient (Wildman–Crippen LogP) is 8.93. The molecule has 23 heavy (non-hydrogen) atoms. The molecule has 0 radical (unpaired) electrons. The molecule has 0 aliphatic rings. The van der Waals surface area contributed by atoms with Gasteiger partial charge in [-0.2, -0.15) is 0 Å². The van der Waals surface area contributed by atoms with Crippen molar-refractivity contribution in [3.8, 4) is 0 Å². The first-order valence-electron chi connectivity index (χ1n) is 11.2. The molecule has 0 aromatic rings. The van der Waals surface area contributed by atoms with E-state index in [1.807, 2.05) is 0 Å². The van der Waals surface area contributed by atoms with Crippen LogP contribution in [0.15, 0.2) is 0 Å². The number of unbranched alkanes of at least 4 members (excludes halogenated alkanes) is 13. The summed E-state index contributed by atoms with van der Waals surface area (Å²) in [6.45, 7) is 9.56. The Bertz CT molecular complexity index is 208. The average molecular weight is 325 g/mol. The van der Waals surface area contributed by atoms with Gasteiger partial charge in [-0.1, -0.05) is 137 Å². The van der Waals surface area contributed by atoms with Gasteiger partial charge >= 0.3 is 0 Å². The fourth-order valence-electron chi connectivity index (χ4n) is 3.59. The van der Waals surface area contributed by atoms with E-state index >= 15 is 0 Å². The summed E-state index contributed by atoms with van der Waals surface area (Å²) in [5, 5.41) is 0. The molecule has 140 valence electrons. The molecule has 0 heteroatoms. The second-order valence-electron chi connectivity index (χ2n) is 8.13. The van der Waals surface area contributed by atoms with Crippen LogP contribution in [0.2, 0.25) is 0 Å². The minimum Gasteiger partial charge on any atom is -0.0654 e. The Morgan fingerprint density at radius 3 is 1.04 bits per heavy atom. The van der Waals surface area contributed by atoms with Crippen molar-refractivity contribution < 1.29 is 0 Å². The van der Waals surface area contributed by atoms with Crippen molar-refractivity contribution in [1.29, 1.82) is 0 Å². The van der Waals surface area contributed by atoms with E-state index in [4.69, 9.17) is 0 Å². The zero-order valence-electron chi connectivity index (χ0n) is 17.2. The summed E-state index contributed by atoms with van der Waals surface area (Å²) >= 11 is 0. The van der Waals surface area contributed by atoms with Crippen molar-refractivity contribution in [3.05, 3.63) is 0 Å². The number of hydrogen-bond donors (Lipinski definition) is 0. The van der Waals surface area contributed by atoms with Crippen LogP contribution >= 0.6 is 0 Å². The summed E-state index contributed by atoms with van der Waals surface area (Å²) in [6, 6.07) is 0. The van der Waals surface area contributed by atoms with Gasteiger partial charge in [0.1, 0.15) is 0 Å². The summed E-state index contributed by atoms with van der Waals surface area (Å²) in [5.41, 5.74) is 0. The van der Waals surface area contributed by atoms with Gasteiger partial charge in [0.05, 0.1) is 0 Å². The van der Waals surface area contributed by atoms with Crippen LogP contribution in [0.1, 0.15) is 137 Å². The Labute approximate surface area is 149 Å². The lowest BCUT2D eigenvalue weighted by Gasteiger charge is -2.19. The smallest absolute Gasteiger partial charge is 0.0417 e. The average Bonchev–Trinajstić information content (AvgIpc) is 2.55. The van der Waals surface area contributed by atoms with Crippen LogP contribution in [0, 0.1) is 11.8 Å². The maximum Gasteiger partial charge on any atom is -0.0417 e. The van der Waals surface area contributed by atoms with Crippen LogP contribution in [0.25, 0.3) is 0 Å². The monoisotopic (exact) mass is 324 g/mol. The second kappa shape index (κ2) is 18.3. The van der Waals surface area contributed by atoms with Crippen molar-refractivity contribution in [2.24, 2.45) is 11.8 Å². The molecular formula is C23H48. The fourth-order valence-corrected chi connectivity index (χ4v) is 3.59. The fraction of sp³-hybridized carbons (Fsp3) is 1.00. The molecule has 0 bridgehead atoms. The largest absolute Gasteiger partial charge is 0.0654 e. The van der Waals surface area contributed by atoms with E-state index in [9.17, 15) is 0 Å². The van der Waals surface area contributed by atoms with E-state index in [-0.39, 0.29) is 0 Å². The molecule has 0 amide bonds. The Hall–Kier alpha value is 0. The standard InChI is InChI=1S/C23H48/c1-5-7-9-10-11-12-13-14-15-16-17-19-21-23(4)22(3)20-18-8-6-2/h22-23H,5-21H2,1-4H3. The van der Waals surface area contributed by atoms with Crippen LogP contribution in [0.4, 0.5) is 0 Å². The minimum atomic E-state index is 0.939. The van der Waals surface area contributed by atoms with Gasteiger partial charge in [0, 0.05) is 0 Å². The van der Waals surface area contributed by atoms with Gasteiger partial charge in [-0.05, 0) is 11.8 Å². The van der Waals surface area contributed by atoms with E-state index in [2.05, 4.69) is 27.7 Å². The first kappa shape index (κ1) is 23.0. The van der Waals surface area contributed by atoms with Gasteiger partial charge in [0.2, 0.25) is 0 Å². The number of hydrogen-bond acceptors (Lipinski definition) is 0. The number of rotatable bonds is 18. The third-order valence-corrected chi connectivity index (χ3v) is 5.75. The molecule has 0 heterocycles. The summed E-state index contributed by atoms with van der Waals surface area (Å²) in [5.74, 6) is 1.88. The molecule has 0 aliphatic carbocycles. The van der Waals surface area contributed by atoms with Crippen LogP contribution in [0.3, 0.4) is 0 Å². The Kier molecular flexibility index (Phi) is 18.3. The van der Waals surface area contributed by atoms with Crippen LogP contribution < -0.4 is 0 Å². The highest BCUT2D eigenvalue weighted by Crippen LogP contribution is 2.24. The third kappa shape index (κ3) is 16.6. The van der Waals surface area contributed by atoms with Gasteiger partial charge in [-0.3, -0.25) is 0 Å². The molecule has 0 rings (SSSR count). The highest BCUT2D eigenvalue weighted by atomic mass is 14.2. The van der Waals surface area contributed by atoms with E-state index in [1.165, 1.54) is 109 Å². The van der Waals surface area contributed by atoms with Crippen LogP contribution in [-0.2, 0) is 0 Å². The lowest BCUT2D eigenvalue weighted by atomic mass is 9.87. The lowest BCUT2D eigenvalue weighted by molar-refractivity contribution is 0.323. The summed E-state index contributed by atoms with van der Waals surface area (Å²) in [6.07, 6.45) is 24.7. The molecule has 0 nitrogen and oxygen atoms in total. The molecule has 0 aromatic heterocycles.